The van der Waals surface area contributed by atoms with Crippen LogP contribution in [0.15, 0.2) is 12.7 Å². The zero-order valence-corrected chi connectivity index (χ0v) is 8.62. The molecule has 0 radical (unpaired) electrons. The molecule has 2 heteroatoms. The number of piperidine rings is 1. The third-order valence-corrected chi connectivity index (χ3v) is 3.07. The van der Waals surface area contributed by atoms with E-state index in [1.54, 1.807) is 0 Å². The highest BCUT2D eigenvalue weighted by Crippen LogP contribution is 2.19. The van der Waals surface area contributed by atoms with Crippen LogP contribution in [0.4, 0.5) is 0 Å². The first-order chi connectivity index (χ1) is 6.16. The van der Waals surface area contributed by atoms with Gasteiger partial charge in [0.05, 0.1) is 0 Å². The minimum Gasteiger partial charge on any atom is -0.299 e. The average molecular weight is 181 g/mol. The molecule has 0 saturated carbocycles. The van der Waals surface area contributed by atoms with Crippen LogP contribution in [-0.4, -0.2) is 29.8 Å². The molecule has 0 spiro atoms. The number of ketones is 1. The second kappa shape index (κ2) is 4.56. The second-order valence-electron chi connectivity index (χ2n) is 3.86. The topological polar surface area (TPSA) is 20.3 Å². The third kappa shape index (κ3) is 2.41. The summed E-state index contributed by atoms with van der Waals surface area (Å²) in [6.45, 7) is 9.86. The highest BCUT2D eigenvalue weighted by Gasteiger charge is 2.29. The fourth-order valence-corrected chi connectivity index (χ4v) is 1.84. The first kappa shape index (κ1) is 10.5. The van der Waals surface area contributed by atoms with Gasteiger partial charge >= 0.3 is 0 Å². The molecule has 0 aromatic heterocycles. The summed E-state index contributed by atoms with van der Waals surface area (Å²) in [5.74, 6) is 0.626. The van der Waals surface area contributed by atoms with Crippen molar-refractivity contribution in [3.05, 3.63) is 12.7 Å². The smallest absolute Gasteiger partial charge is 0.138 e. The standard InChI is InChI=1S/C11H19NO/c1-4-5-7-12-8-6-11(13)9(2)10(12)3/h4,9-10H,1,5-8H2,2-3H3. The van der Waals surface area contributed by atoms with Crippen LogP contribution in [0.3, 0.4) is 0 Å². The Morgan fingerprint density at radius 3 is 2.92 bits per heavy atom. The van der Waals surface area contributed by atoms with Gasteiger partial charge in [-0.3, -0.25) is 9.69 Å². The van der Waals surface area contributed by atoms with Crippen LogP contribution in [0, 0.1) is 5.92 Å². The third-order valence-electron chi connectivity index (χ3n) is 3.07. The molecule has 1 fully saturated rings. The van der Waals surface area contributed by atoms with E-state index in [0.29, 0.717) is 11.8 Å². The summed E-state index contributed by atoms with van der Waals surface area (Å²) in [4.78, 5) is 13.8. The van der Waals surface area contributed by atoms with Crippen molar-refractivity contribution >= 4 is 5.78 Å². The maximum Gasteiger partial charge on any atom is 0.138 e. The number of carbonyl (C=O) groups excluding carboxylic acids is 1. The van der Waals surface area contributed by atoms with Crippen molar-refractivity contribution in [1.82, 2.24) is 4.90 Å². The number of hydrogen-bond donors (Lipinski definition) is 0. The Hall–Kier alpha value is -0.630. The van der Waals surface area contributed by atoms with E-state index < -0.39 is 0 Å². The Bertz CT molecular complexity index is 198. The van der Waals surface area contributed by atoms with Gasteiger partial charge in [-0.15, -0.1) is 6.58 Å². The molecule has 13 heavy (non-hydrogen) atoms. The van der Waals surface area contributed by atoms with Gasteiger partial charge in [0.15, 0.2) is 0 Å². The predicted octanol–water partition coefficient (Wildman–Crippen LogP) is 1.86. The van der Waals surface area contributed by atoms with Crippen molar-refractivity contribution in [2.45, 2.75) is 32.7 Å². The monoisotopic (exact) mass is 181 g/mol. The predicted molar refractivity (Wildman–Crippen MR) is 54.6 cm³/mol. The van der Waals surface area contributed by atoms with E-state index in [0.717, 1.165) is 25.9 Å². The van der Waals surface area contributed by atoms with Gasteiger partial charge in [0.25, 0.3) is 0 Å². The van der Waals surface area contributed by atoms with Crippen molar-refractivity contribution < 1.29 is 4.79 Å². The number of carbonyl (C=O) groups is 1. The highest BCUT2D eigenvalue weighted by atomic mass is 16.1. The number of hydrogen-bond acceptors (Lipinski definition) is 2. The summed E-state index contributed by atoms with van der Waals surface area (Å²) >= 11 is 0. The zero-order chi connectivity index (χ0) is 9.84. The highest BCUT2D eigenvalue weighted by molar-refractivity contribution is 5.82. The van der Waals surface area contributed by atoms with Crippen LogP contribution in [0.1, 0.15) is 26.7 Å². The first-order valence-corrected chi connectivity index (χ1v) is 5.04. The van der Waals surface area contributed by atoms with E-state index in [9.17, 15) is 4.79 Å². The molecule has 2 unspecified atom stereocenters. The Balaban J connectivity index is 2.48. The number of rotatable bonds is 3. The van der Waals surface area contributed by atoms with E-state index in [1.807, 2.05) is 13.0 Å². The number of Topliss-reactive ketones (excluding diaryl/α,β-unsaturated/α-hetero) is 1. The molecule has 1 aliphatic heterocycles. The van der Waals surface area contributed by atoms with E-state index in [2.05, 4.69) is 18.4 Å². The largest absolute Gasteiger partial charge is 0.299 e. The molecule has 1 aliphatic rings. The zero-order valence-electron chi connectivity index (χ0n) is 8.62. The minimum absolute atomic E-state index is 0.207. The summed E-state index contributed by atoms with van der Waals surface area (Å²) in [5.41, 5.74) is 0. The molecular weight excluding hydrogens is 162 g/mol. The van der Waals surface area contributed by atoms with E-state index in [1.165, 1.54) is 0 Å². The molecule has 0 aromatic carbocycles. The van der Waals surface area contributed by atoms with Crippen LogP contribution in [0.2, 0.25) is 0 Å². The second-order valence-corrected chi connectivity index (χ2v) is 3.86. The molecular formula is C11H19NO. The van der Waals surface area contributed by atoms with Gasteiger partial charge in [0, 0.05) is 31.5 Å². The van der Waals surface area contributed by atoms with Crippen LogP contribution < -0.4 is 0 Å². The summed E-state index contributed by atoms with van der Waals surface area (Å²) in [5, 5.41) is 0. The molecule has 1 heterocycles. The molecule has 74 valence electrons. The lowest BCUT2D eigenvalue weighted by atomic mass is 9.90. The average Bonchev–Trinajstić information content (AvgIpc) is 2.13. The van der Waals surface area contributed by atoms with E-state index in [-0.39, 0.29) is 5.92 Å². The quantitative estimate of drug-likeness (QED) is 0.619. The van der Waals surface area contributed by atoms with Crippen molar-refractivity contribution in [2.24, 2.45) is 5.92 Å². The molecule has 1 saturated heterocycles. The lowest BCUT2D eigenvalue weighted by molar-refractivity contribution is -0.127. The lowest BCUT2D eigenvalue weighted by Crippen LogP contribution is -2.46. The fraction of sp³-hybridized carbons (Fsp3) is 0.727. The molecule has 2 atom stereocenters. The summed E-state index contributed by atoms with van der Waals surface area (Å²) in [6.07, 6.45) is 3.68. The Kier molecular flexibility index (Phi) is 3.67. The van der Waals surface area contributed by atoms with Crippen molar-refractivity contribution in [2.75, 3.05) is 13.1 Å². The van der Waals surface area contributed by atoms with Crippen molar-refractivity contribution in [3.63, 3.8) is 0 Å². The van der Waals surface area contributed by atoms with Crippen LogP contribution in [0.25, 0.3) is 0 Å². The molecule has 2 nitrogen and oxygen atoms in total. The van der Waals surface area contributed by atoms with Gasteiger partial charge in [0.1, 0.15) is 5.78 Å². The molecule has 0 bridgehead atoms. The van der Waals surface area contributed by atoms with Gasteiger partial charge in [-0.25, -0.2) is 0 Å². The van der Waals surface area contributed by atoms with Gasteiger partial charge in [-0.05, 0) is 13.3 Å². The van der Waals surface area contributed by atoms with Gasteiger partial charge in [-0.2, -0.15) is 0 Å². The summed E-state index contributed by atoms with van der Waals surface area (Å²) in [7, 11) is 0. The Morgan fingerprint density at radius 1 is 1.62 bits per heavy atom. The molecule has 0 amide bonds. The summed E-state index contributed by atoms with van der Waals surface area (Å²) < 4.78 is 0. The minimum atomic E-state index is 0.207. The fourth-order valence-electron chi connectivity index (χ4n) is 1.84. The molecule has 1 rings (SSSR count). The molecule has 0 N–H and O–H groups in total. The Labute approximate surface area is 80.6 Å². The van der Waals surface area contributed by atoms with Gasteiger partial charge in [0.2, 0.25) is 0 Å². The summed E-state index contributed by atoms with van der Waals surface area (Å²) in [6, 6.07) is 0.404. The normalized spacial score (nSPS) is 30.5. The van der Waals surface area contributed by atoms with Crippen LogP contribution >= 0.6 is 0 Å². The van der Waals surface area contributed by atoms with E-state index in [4.69, 9.17) is 0 Å². The first-order valence-electron chi connectivity index (χ1n) is 5.04. The van der Waals surface area contributed by atoms with Crippen molar-refractivity contribution in [3.8, 4) is 0 Å². The lowest BCUT2D eigenvalue weighted by Gasteiger charge is -2.36. The van der Waals surface area contributed by atoms with Gasteiger partial charge < -0.3 is 0 Å². The van der Waals surface area contributed by atoms with Gasteiger partial charge in [-0.1, -0.05) is 13.0 Å². The molecule has 0 aliphatic carbocycles. The maximum absolute atomic E-state index is 11.4. The van der Waals surface area contributed by atoms with E-state index >= 15 is 0 Å². The maximum atomic E-state index is 11.4. The number of nitrogens with zero attached hydrogens (tertiary/aromatic N) is 1. The SMILES string of the molecule is C=CCCN1CCC(=O)C(C)C1C. The van der Waals surface area contributed by atoms with Crippen LogP contribution in [0.5, 0.6) is 0 Å². The van der Waals surface area contributed by atoms with Crippen molar-refractivity contribution in [1.29, 1.82) is 0 Å². The molecule has 0 aromatic rings. The van der Waals surface area contributed by atoms with Crippen LogP contribution in [-0.2, 0) is 4.79 Å². The number of likely N-dealkylation sites (tertiary alicyclic amines) is 1. The Morgan fingerprint density at radius 2 is 2.31 bits per heavy atom.